The number of imidazole rings is 1. The number of nitrogens with one attached hydrogen (secondary N) is 3. The molecule has 190 valence electrons. The van der Waals surface area contributed by atoms with Crippen LogP contribution < -0.4 is 10.6 Å². The van der Waals surface area contributed by atoms with Gasteiger partial charge in [0.15, 0.2) is 5.82 Å². The van der Waals surface area contributed by atoms with Crippen LogP contribution in [0.4, 0.5) is 10.3 Å². The minimum absolute atomic E-state index is 0.0835. The van der Waals surface area contributed by atoms with E-state index in [2.05, 4.69) is 25.6 Å². The SMILES string of the molecule is CC(=O)NCC1(C)COC(c2nc(-c3ccc(F)cc3)c(-c3ccnc(NCCC(=O)O)n3)[nH]2)OC1. The third-order valence-corrected chi connectivity index (χ3v) is 5.53. The highest BCUT2D eigenvalue weighted by Gasteiger charge is 2.35. The number of H-pyrrole nitrogens is 1. The number of aromatic amines is 1. The van der Waals surface area contributed by atoms with Crippen molar-refractivity contribution in [2.24, 2.45) is 5.41 Å². The number of carboxylic acid groups (broad SMARTS) is 1. The van der Waals surface area contributed by atoms with Gasteiger partial charge in [0.2, 0.25) is 18.1 Å². The van der Waals surface area contributed by atoms with E-state index in [4.69, 9.17) is 19.6 Å². The number of amides is 1. The molecule has 3 aromatic rings. The lowest BCUT2D eigenvalue weighted by Crippen LogP contribution is -2.45. The molecule has 4 N–H and O–H groups in total. The number of carbonyl (C=O) groups excluding carboxylic acids is 1. The number of hydrogen-bond acceptors (Lipinski definition) is 8. The molecule has 0 aliphatic carbocycles. The van der Waals surface area contributed by atoms with Crippen molar-refractivity contribution in [3.63, 3.8) is 0 Å². The lowest BCUT2D eigenvalue weighted by molar-refractivity contribution is -0.232. The van der Waals surface area contributed by atoms with Gasteiger partial charge in [-0.25, -0.2) is 19.3 Å². The summed E-state index contributed by atoms with van der Waals surface area (Å²) in [5, 5.41) is 14.5. The van der Waals surface area contributed by atoms with Crippen LogP contribution in [-0.4, -0.2) is 63.2 Å². The molecule has 36 heavy (non-hydrogen) atoms. The Morgan fingerprint density at radius 2 is 1.92 bits per heavy atom. The summed E-state index contributed by atoms with van der Waals surface area (Å²) in [5.74, 6) is -0.769. The molecule has 0 unspecified atom stereocenters. The van der Waals surface area contributed by atoms with Crippen LogP contribution in [0.2, 0.25) is 0 Å². The highest BCUT2D eigenvalue weighted by atomic mass is 19.1. The Balaban J connectivity index is 1.61. The van der Waals surface area contributed by atoms with E-state index in [1.54, 1.807) is 24.4 Å². The predicted molar refractivity (Wildman–Crippen MR) is 127 cm³/mol. The van der Waals surface area contributed by atoms with Crippen LogP contribution in [0.1, 0.15) is 32.4 Å². The van der Waals surface area contributed by atoms with Crippen LogP contribution in [0.3, 0.4) is 0 Å². The summed E-state index contributed by atoms with van der Waals surface area (Å²) in [4.78, 5) is 38.6. The van der Waals surface area contributed by atoms with Gasteiger partial charge in [0.05, 0.1) is 36.7 Å². The first-order valence-corrected chi connectivity index (χ1v) is 11.3. The monoisotopic (exact) mass is 498 g/mol. The van der Waals surface area contributed by atoms with Crippen LogP contribution >= 0.6 is 0 Å². The number of nitrogens with zero attached hydrogens (tertiary/aromatic N) is 3. The van der Waals surface area contributed by atoms with Gasteiger partial charge in [0, 0.05) is 37.2 Å². The van der Waals surface area contributed by atoms with E-state index in [1.165, 1.54) is 19.1 Å². The molecule has 1 fully saturated rings. The summed E-state index contributed by atoms with van der Waals surface area (Å²) < 4.78 is 25.5. The lowest BCUT2D eigenvalue weighted by atomic mass is 9.92. The zero-order valence-electron chi connectivity index (χ0n) is 19.9. The van der Waals surface area contributed by atoms with E-state index < -0.39 is 12.3 Å². The minimum atomic E-state index is -0.934. The molecule has 12 heteroatoms. The minimum Gasteiger partial charge on any atom is -0.481 e. The third-order valence-electron chi connectivity index (χ3n) is 5.53. The van der Waals surface area contributed by atoms with E-state index in [0.29, 0.717) is 48.2 Å². The summed E-state index contributed by atoms with van der Waals surface area (Å²) in [6.45, 7) is 4.67. The van der Waals surface area contributed by atoms with Crippen LogP contribution in [0.5, 0.6) is 0 Å². The van der Waals surface area contributed by atoms with Crippen molar-refractivity contribution in [3.8, 4) is 22.6 Å². The van der Waals surface area contributed by atoms with Crippen LogP contribution in [0, 0.1) is 11.2 Å². The van der Waals surface area contributed by atoms with Gasteiger partial charge in [-0.3, -0.25) is 9.59 Å². The number of benzene rings is 1. The number of ether oxygens (including phenoxy) is 2. The first-order valence-electron chi connectivity index (χ1n) is 11.3. The second kappa shape index (κ2) is 10.8. The lowest BCUT2D eigenvalue weighted by Gasteiger charge is -2.36. The predicted octanol–water partition coefficient (Wildman–Crippen LogP) is 2.75. The van der Waals surface area contributed by atoms with E-state index in [1.807, 2.05) is 6.92 Å². The highest BCUT2D eigenvalue weighted by Crippen LogP contribution is 2.35. The number of carboxylic acids is 1. The molecule has 1 aliphatic rings. The molecule has 2 aromatic heterocycles. The number of carbonyl (C=O) groups is 2. The Kier molecular flexibility index (Phi) is 7.55. The van der Waals surface area contributed by atoms with Gasteiger partial charge in [-0.05, 0) is 30.3 Å². The van der Waals surface area contributed by atoms with Gasteiger partial charge in [0.25, 0.3) is 0 Å². The molecule has 1 saturated heterocycles. The van der Waals surface area contributed by atoms with Crippen molar-refractivity contribution in [1.29, 1.82) is 0 Å². The summed E-state index contributed by atoms with van der Waals surface area (Å²) in [6.07, 6.45) is 0.680. The van der Waals surface area contributed by atoms with Gasteiger partial charge < -0.3 is 30.2 Å². The van der Waals surface area contributed by atoms with Crippen molar-refractivity contribution >= 4 is 17.8 Å². The van der Waals surface area contributed by atoms with E-state index in [9.17, 15) is 14.0 Å². The fraction of sp³-hybridized carbons (Fsp3) is 0.375. The number of hydrogen-bond donors (Lipinski definition) is 4. The van der Waals surface area contributed by atoms with Gasteiger partial charge in [-0.1, -0.05) is 6.92 Å². The maximum Gasteiger partial charge on any atom is 0.305 e. The zero-order chi connectivity index (χ0) is 25.7. The van der Waals surface area contributed by atoms with Crippen LogP contribution in [0.25, 0.3) is 22.6 Å². The van der Waals surface area contributed by atoms with Crippen LogP contribution in [0.15, 0.2) is 36.5 Å². The molecule has 1 aromatic carbocycles. The number of aliphatic carboxylic acids is 1. The molecule has 0 radical (unpaired) electrons. The molecular formula is C24H27FN6O5. The number of anilines is 1. The topological polar surface area (TPSA) is 151 Å². The van der Waals surface area contributed by atoms with E-state index in [0.717, 1.165) is 0 Å². The summed E-state index contributed by atoms with van der Waals surface area (Å²) in [6, 6.07) is 7.58. The summed E-state index contributed by atoms with van der Waals surface area (Å²) in [5.41, 5.74) is 1.81. The maximum absolute atomic E-state index is 13.6. The molecule has 0 saturated carbocycles. The van der Waals surface area contributed by atoms with Crippen molar-refractivity contribution in [1.82, 2.24) is 25.3 Å². The Morgan fingerprint density at radius 3 is 2.58 bits per heavy atom. The van der Waals surface area contributed by atoms with Gasteiger partial charge in [-0.15, -0.1) is 0 Å². The Hall–Kier alpha value is -3.90. The quantitative estimate of drug-likeness (QED) is 0.349. The zero-order valence-corrected chi connectivity index (χ0v) is 19.9. The second-order valence-electron chi connectivity index (χ2n) is 8.86. The van der Waals surface area contributed by atoms with Gasteiger partial charge >= 0.3 is 5.97 Å². The average molecular weight is 499 g/mol. The van der Waals surface area contributed by atoms with Crippen LogP contribution in [-0.2, 0) is 19.1 Å². The number of aromatic nitrogens is 4. The fourth-order valence-corrected chi connectivity index (χ4v) is 3.61. The molecular weight excluding hydrogens is 471 g/mol. The molecule has 1 amide bonds. The summed E-state index contributed by atoms with van der Waals surface area (Å²) in [7, 11) is 0. The average Bonchev–Trinajstić information content (AvgIpc) is 3.29. The molecule has 1 aliphatic heterocycles. The van der Waals surface area contributed by atoms with Crippen molar-refractivity contribution in [2.45, 2.75) is 26.6 Å². The fourth-order valence-electron chi connectivity index (χ4n) is 3.61. The maximum atomic E-state index is 13.6. The van der Waals surface area contributed by atoms with Crippen molar-refractivity contribution in [2.75, 3.05) is 31.6 Å². The van der Waals surface area contributed by atoms with Gasteiger partial charge in [-0.2, -0.15) is 0 Å². The molecule has 4 rings (SSSR count). The molecule has 0 bridgehead atoms. The van der Waals surface area contributed by atoms with Gasteiger partial charge in [0.1, 0.15) is 5.82 Å². The summed E-state index contributed by atoms with van der Waals surface area (Å²) >= 11 is 0. The van der Waals surface area contributed by atoms with Crippen molar-refractivity contribution < 1.29 is 28.6 Å². The molecule has 0 spiro atoms. The van der Waals surface area contributed by atoms with E-state index in [-0.39, 0.29) is 36.1 Å². The Labute approximate surface area is 206 Å². The Bertz CT molecular complexity index is 1220. The Morgan fingerprint density at radius 1 is 1.19 bits per heavy atom. The standard InChI is InChI=1S/C24H27FN6O5/c1-14(32)28-11-24(2)12-35-22(36-13-24)21-30-19(15-3-5-16(25)6-4-15)20(31-21)17-7-9-26-23(29-17)27-10-8-18(33)34/h3-7,9,22H,8,10-13H2,1-2H3,(H,28,32)(H,30,31)(H,33,34)(H,26,27,29). The highest BCUT2D eigenvalue weighted by molar-refractivity contribution is 5.77. The number of rotatable bonds is 9. The molecule has 0 atom stereocenters. The second-order valence-corrected chi connectivity index (χ2v) is 8.86. The number of halogens is 1. The molecule has 3 heterocycles. The van der Waals surface area contributed by atoms with E-state index >= 15 is 0 Å². The normalized spacial score (nSPS) is 19.6. The largest absolute Gasteiger partial charge is 0.481 e. The third kappa shape index (κ3) is 6.20. The first kappa shape index (κ1) is 25.2. The smallest absolute Gasteiger partial charge is 0.305 e. The van der Waals surface area contributed by atoms with Crippen molar-refractivity contribution in [3.05, 3.63) is 48.2 Å². The first-order chi connectivity index (χ1) is 17.2. The molecule has 11 nitrogen and oxygen atoms in total.